The van der Waals surface area contributed by atoms with Gasteiger partial charge in [-0.25, -0.2) is 0 Å². The van der Waals surface area contributed by atoms with E-state index in [-0.39, 0.29) is 6.10 Å². The number of hydrogen-bond donors (Lipinski definition) is 2. The minimum absolute atomic E-state index is 0.352. The first kappa shape index (κ1) is 9.55. The van der Waals surface area contributed by atoms with Gasteiger partial charge in [-0.1, -0.05) is 34.1 Å². The molecule has 1 aromatic carbocycles. The molecule has 0 aliphatic rings. The monoisotopic (exact) mass is 229 g/mol. The van der Waals surface area contributed by atoms with Crippen molar-refractivity contribution in [3.63, 3.8) is 0 Å². The smallest absolute Gasteiger partial charge is 0.0678 e. The number of aliphatic hydroxyl groups excluding tert-OH is 1. The largest absolute Gasteiger partial charge is 0.399 e. The molecule has 0 amide bonds. The van der Waals surface area contributed by atoms with Gasteiger partial charge in [0.25, 0.3) is 0 Å². The Bertz CT molecular complexity index is 252. The van der Waals surface area contributed by atoms with E-state index in [1.54, 1.807) is 0 Å². The lowest BCUT2D eigenvalue weighted by atomic mass is 10.1. The summed E-state index contributed by atoms with van der Waals surface area (Å²) in [6.45, 7) is 0. The maximum absolute atomic E-state index is 9.33. The van der Waals surface area contributed by atoms with Gasteiger partial charge in [0.2, 0.25) is 0 Å². The van der Waals surface area contributed by atoms with E-state index in [0.717, 1.165) is 11.3 Å². The highest BCUT2D eigenvalue weighted by atomic mass is 79.9. The fourth-order valence-corrected chi connectivity index (χ4v) is 1.26. The topological polar surface area (TPSA) is 46.2 Å². The summed E-state index contributed by atoms with van der Waals surface area (Å²) < 4.78 is 0. The molecular weight excluding hydrogens is 218 g/mol. The summed E-state index contributed by atoms with van der Waals surface area (Å²) in [6.07, 6.45) is 0.257. The first-order valence-corrected chi connectivity index (χ1v) is 4.93. The van der Waals surface area contributed by atoms with Crippen molar-refractivity contribution in [2.75, 3.05) is 11.1 Å². The molecule has 1 rings (SSSR count). The average Bonchev–Trinajstić information content (AvgIpc) is 2.09. The second-order valence-electron chi connectivity index (χ2n) is 2.71. The van der Waals surface area contributed by atoms with E-state index in [0.29, 0.717) is 11.8 Å². The van der Waals surface area contributed by atoms with Crippen LogP contribution in [-0.2, 0) is 6.42 Å². The molecule has 0 aliphatic carbocycles. The van der Waals surface area contributed by atoms with Crippen LogP contribution in [0.25, 0.3) is 0 Å². The highest BCUT2D eigenvalue weighted by Gasteiger charge is 2.04. The fraction of sp³-hybridized carbons (Fsp3) is 0.333. The minimum atomic E-state index is -0.352. The third kappa shape index (κ3) is 2.50. The summed E-state index contributed by atoms with van der Waals surface area (Å²) in [6, 6.07) is 7.59. The molecular formula is C9H12BrNO. The van der Waals surface area contributed by atoms with Gasteiger partial charge in [0.15, 0.2) is 0 Å². The number of benzene rings is 1. The molecule has 0 aliphatic heterocycles. The van der Waals surface area contributed by atoms with Crippen LogP contribution >= 0.6 is 15.9 Å². The zero-order valence-corrected chi connectivity index (χ0v) is 8.29. The van der Waals surface area contributed by atoms with E-state index in [4.69, 9.17) is 5.73 Å². The second-order valence-corrected chi connectivity index (χ2v) is 3.36. The molecule has 3 N–H and O–H groups in total. The zero-order chi connectivity index (χ0) is 8.97. The Balaban J connectivity index is 2.69. The van der Waals surface area contributed by atoms with Crippen LogP contribution in [0.15, 0.2) is 24.3 Å². The number of anilines is 1. The predicted molar refractivity (Wildman–Crippen MR) is 54.4 cm³/mol. The molecule has 0 radical (unpaired) electrons. The summed E-state index contributed by atoms with van der Waals surface area (Å²) in [4.78, 5) is 0. The van der Waals surface area contributed by atoms with Gasteiger partial charge in [0, 0.05) is 17.4 Å². The number of alkyl halides is 1. The van der Waals surface area contributed by atoms with Crippen molar-refractivity contribution < 1.29 is 5.11 Å². The van der Waals surface area contributed by atoms with Gasteiger partial charge in [-0.2, -0.15) is 0 Å². The SMILES string of the molecule is Nc1ccccc1CC(O)CBr. The second kappa shape index (κ2) is 4.48. The van der Waals surface area contributed by atoms with Crippen molar-refractivity contribution in [1.29, 1.82) is 0 Å². The number of nitrogen functional groups attached to an aromatic ring is 1. The minimum Gasteiger partial charge on any atom is -0.399 e. The highest BCUT2D eigenvalue weighted by molar-refractivity contribution is 9.09. The summed E-state index contributed by atoms with van der Waals surface area (Å²) in [5, 5.41) is 9.92. The van der Waals surface area contributed by atoms with E-state index in [9.17, 15) is 5.11 Å². The van der Waals surface area contributed by atoms with Crippen LogP contribution in [0.2, 0.25) is 0 Å². The Hall–Kier alpha value is -0.540. The van der Waals surface area contributed by atoms with Crippen molar-refractivity contribution in [1.82, 2.24) is 0 Å². The van der Waals surface area contributed by atoms with E-state index in [2.05, 4.69) is 15.9 Å². The first-order chi connectivity index (χ1) is 5.74. The molecule has 66 valence electrons. The lowest BCUT2D eigenvalue weighted by Crippen LogP contribution is -2.12. The fourth-order valence-electron chi connectivity index (χ4n) is 1.03. The lowest BCUT2D eigenvalue weighted by Gasteiger charge is -2.08. The van der Waals surface area contributed by atoms with Gasteiger partial charge < -0.3 is 10.8 Å². The summed E-state index contributed by atoms with van der Waals surface area (Å²) in [7, 11) is 0. The molecule has 3 heteroatoms. The van der Waals surface area contributed by atoms with Crippen LogP contribution in [0.4, 0.5) is 5.69 Å². The normalized spacial score (nSPS) is 12.8. The van der Waals surface area contributed by atoms with Gasteiger partial charge >= 0.3 is 0 Å². The number of hydrogen-bond acceptors (Lipinski definition) is 2. The van der Waals surface area contributed by atoms with Crippen LogP contribution in [0, 0.1) is 0 Å². The molecule has 0 spiro atoms. The van der Waals surface area contributed by atoms with Crippen LogP contribution in [-0.4, -0.2) is 16.5 Å². The molecule has 0 saturated carbocycles. The summed E-state index contributed by atoms with van der Waals surface area (Å²) in [5.74, 6) is 0. The summed E-state index contributed by atoms with van der Waals surface area (Å²) in [5.41, 5.74) is 7.45. The molecule has 0 fully saturated rings. The van der Waals surface area contributed by atoms with Crippen molar-refractivity contribution in [2.24, 2.45) is 0 Å². The molecule has 1 aromatic rings. The van der Waals surface area contributed by atoms with Crippen LogP contribution in [0.5, 0.6) is 0 Å². The maximum atomic E-state index is 9.33. The maximum Gasteiger partial charge on any atom is 0.0678 e. The van der Waals surface area contributed by atoms with E-state index in [1.807, 2.05) is 24.3 Å². The zero-order valence-electron chi connectivity index (χ0n) is 6.70. The number of halogens is 1. The number of nitrogens with two attached hydrogens (primary N) is 1. The van der Waals surface area contributed by atoms with E-state index >= 15 is 0 Å². The van der Waals surface area contributed by atoms with Gasteiger partial charge in [0.1, 0.15) is 0 Å². The van der Waals surface area contributed by atoms with Gasteiger partial charge in [0.05, 0.1) is 6.10 Å². The average molecular weight is 230 g/mol. The molecule has 12 heavy (non-hydrogen) atoms. The van der Waals surface area contributed by atoms with E-state index in [1.165, 1.54) is 0 Å². The molecule has 2 nitrogen and oxygen atoms in total. The molecule has 0 aromatic heterocycles. The predicted octanol–water partition coefficient (Wildman–Crippen LogP) is 1.57. The Kier molecular flexibility index (Phi) is 3.56. The Morgan fingerprint density at radius 3 is 2.67 bits per heavy atom. The first-order valence-electron chi connectivity index (χ1n) is 3.81. The molecule has 0 bridgehead atoms. The molecule has 1 atom stereocenters. The van der Waals surface area contributed by atoms with Crippen molar-refractivity contribution in [3.8, 4) is 0 Å². The third-order valence-electron chi connectivity index (χ3n) is 1.69. The number of para-hydroxylation sites is 1. The van der Waals surface area contributed by atoms with Crippen molar-refractivity contribution in [2.45, 2.75) is 12.5 Å². The Morgan fingerprint density at radius 2 is 2.08 bits per heavy atom. The van der Waals surface area contributed by atoms with Crippen molar-refractivity contribution in [3.05, 3.63) is 29.8 Å². The van der Waals surface area contributed by atoms with Gasteiger partial charge in [-0.05, 0) is 11.6 Å². The summed E-state index contributed by atoms with van der Waals surface area (Å²) >= 11 is 3.21. The van der Waals surface area contributed by atoms with Gasteiger partial charge in [-0.3, -0.25) is 0 Å². The third-order valence-corrected chi connectivity index (χ3v) is 2.44. The van der Waals surface area contributed by atoms with Gasteiger partial charge in [-0.15, -0.1) is 0 Å². The van der Waals surface area contributed by atoms with E-state index < -0.39 is 0 Å². The Morgan fingerprint density at radius 1 is 1.42 bits per heavy atom. The lowest BCUT2D eigenvalue weighted by molar-refractivity contribution is 0.201. The standard InChI is InChI=1S/C9H12BrNO/c10-6-8(12)5-7-3-1-2-4-9(7)11/h1-4,8,12H,5-6,11H2. The van der Waals surface area contributed by atoms with Crippen LogP contribution in [0.1, 0.15) is 5.56 Å². The van der Waals surface area contributed by atoms with Crippen LogP contribution < -0.4 is 5.73 Å². The van der Waals surface area contributed by atoms with Crippen LogP contribution in [0.3, 0.4) is 0 Å². The number of rotatable bonds is 3. The highest BCUT2D eigenvalue weighted by Crippen LogP contribution is 2.13. The molecule has 1 unspecified atom stereocenters. The quantitative estimate of drug-likeness (QED) is 0.611. The molecule has 0 heterocycles. The Labute approximate surface area is 80.5 Å². The molecule has 0 saturated heterocycles. The number of aliphatic hydroxyl groups is 1. The van der Waals surface area contributed by atoms with Crippen molar-refractivity contribution >= 4 is 21.6 Å².